The number of aromatic nitrogens is 7. The van der Waals surface area contributed by atoms with Crippen LogP contribution in [0.3, 0.4) is 0 Å². The second-order valence-electron chi connectivity index (χ2n) is 14.9. The Morgan fingerprint density at radius 2 is 0.825 bits per heavy atom. The molecule has 0 saturated carbocycles. The van der Waals surface area contributed by atoms with Crippen LogP contribution in [0.2, 0.25) is 0 Å². The standard InChI is InChI=1S/C52H31N7O2.2Pt/c1-32-26-36(30-46-50(32)40-12-3-5-14-42(40)57(46)48-16-7-9-22-53-48)60-34-18-20-38-39-21-19-35(29-45(39)59(44(38)28-34)52-55-24-11-25-56-52)61-37-27-33(2)51-41-13-4-6-15-43(41)58(47(51)31-37)49-17-8-10-23-54-49;;/h3-27H,1-2H3;;/q-4;2*+2. The SMILES string of the molecule is Cc1cc(Oc2[c-]c3c(cc2)c2ccc(Oc4[c-]c5c(c(C)c4)c4ccccc4n5-c4ccccn4)[c-]c2n3-c2ncccn2)[c-]c2c1c1ccccc1n2-c1ccccn1.[Pt+2].[Pt+2]. The van der Waals surface area contributed by atoms with Gasteiger partial charge in [-0.25, -0.2) is 19.9 Å². The van der Waals surface area contributed by atoms with E-state index in [2.05, 4.69) is 93.6 Å². The summed E-state index contributed by atoms with van der Waals surface area (Å²) in [5.41, 5.74) is 7.46. The Morgan fingerprint density at radius 3 is 1.29 bits per heavy atom. The number of pyridine rings is 2. The van der Waals surface area contributed by atoms with E-state index in [1.165, 1.54) is 0 Å². The molecule has 0 fully saturated rings. The molecule has 6 heterocycles. The Labute approximate surface area is 390 Å². The molecule has 306 valence electrons. The zero-order chi connectivity index (χ0) is 40.6. The van der Waals surface area contributed by atoms with Crippen molar-refractivity contribution in [3.05, 3.63) is 188 Å². The Balaban J connectivity index is 0.00000236. The fourth-order valence-corrected chi connectivity index (χ4v) is 8.71. The number of fused-ring (bicyclic) bond motifs is 9. The molecule has 0 radical (unpaired) electrons. The quantitative estimate of drug-likeness (QED) is 0.148. The van der Waals surface area contributed by atoms with E-state index in [1.54, 1.807) is 30.9 Å². The molecule has 0 aliphatic heterocycles. The molecule has 0 saturated heterocycles. The molecule has 9 nitrogen and oxygen atoms in total. The molecular weight excluding hydrogens is 1140 g/mol. The van der Waals surface area contributed by atoms with Gasteiger partial charge in [0.25, 0.3) is 0 Å². The molecule has 12 rings (SSSR count). The second-order valence-corrected chi connectivity index (χ2v) is 14.9. The predicted octanol–water partition coefficient (Wildman–Crippen LogP) is 12.0. The largest absolute Gasteiger partial charge is 2.00 e. The Hall–Kier alpha value is -6.92. The molecule has 6 aromatic carbocycles. The summed E-state index contributed by atoms with van der Waals surface area (Å²) in [7, 11) is 0. The molecule has 12 aromatic rings. The molecule has 0 amide bonds. The van der Waals surface area contributed by atoms with Crippen LogP contribution in [-0.2, 0) is 42.1 Å². The van der Waals surface area contributed by atoms with Crippen LogP contribution in [0.4, 0.5) is 0 Å². The third kappa shape index (κ3) is 6.62. The van der Waals surface area contributed by atoms with E-state index in [1.807, 2.05) is 89.5 Å². The van der Waals surface area contributed by atoms with Gasteiger partial charge < -0.3 is 23.2 Å². The summed E-state index contributed by atoms with van der Waals surface area (Å²) < 4.78 is 19.4. The van der Waals surface area contributed by atoms with Gasteiger partial charge in [0, 0.05) is 58.8 Å². The van der Waals surface area contributed by atoms with Crippen LogP contribution in [-0.4, -0.2) is 33.6 Å². The molecule has 0 bridgehead atoms. The molecule has 0 spiro atoms. The van der Waals surface area contributed by atoms with E-state index in [-0.39, 0.29) is 42.1 Å². The van der Waals surface area contributed by atoms with E-state index < -0.39 is 0 Å². The van der Waals surface area contributed by atoms with E-state index in [4.69, 9.17) is 19.4 Å². The number of benzene rings is 6. The van der Waals surface area contributed by atoms with Gasteiger partial charge in [0.15, 0.2) is 0 Å². The van der Waals surface area contributed by atoms with Crippen molar-refractivity contribution in [1.82, 2.24) is 33.6 Å². The minimum absolute atomic E-state index is 0. The van der Waals surface area contributed by atoms with Gasteiger partial charge in [-0.05, 0) is 53.2 Å². The van der Waals surface area contributed by atoms with Crippen molar-refractivity contribution in [1.29, 1.82) is 0 Å². The first-order valence-corrected chi connectivity index (χ1v) is 19.9. The number of para-hydroxylation sites is 2. The second kappa shape index (κ2) is 16.1. The normalized spacial score (nSPS) is 11.4. The first-order chi connectivity index (χ1) is 30.1. The van der Waals surface area contributed by atoms with Crippen molar-refractivity contribution in [3.63, 3.8) is 0 Å². The van der Waals surface area contributed by atoms with Gasteiger partial charge in [-0.1, -0.05) is 95.2 Å². The summed E-state index contributed by atoms with van der Waals surface area (Å²) in [6, 6.07) is 56.6. The van der Waals surface area contributed by atoms with Gasteiger partial charge >= 0.3 is 42.1 Å². The molecular formula is C52H31N7O2Pt2. The Bertz CT molecular complexity index is 3460. The first kappa shape index (κ1) is 40.2. The van der Waals surface area contributed by atoms with Gasteiger partial charge in [-0.15, -0.1) is 59.7 Å². The van der Waals surface area contributed by atoms with Crippen LogP contribution in [0.1, 0.15) is 11.1 Å². The summed E-state index contributed by atoms with van der Waals surface area (Å²) in [6.45, 7) is 4.20. The average molecular weight is 1180 g/mol. The Kier molecular flexibility index (Phi) is 10.3. The summed E-state index contributed by atoms with van der Waals surface area (Å²) in [4.78, 5) is 18.7. The van der Waals surface area contributed by atoms with Gasteiger partial charge in [0.1, 0.15) is 11.6 Å². The minimum atomic E-state index is 0. The topological polar surface area (TPSA) is 84.8 Å². The Morgan fingerprint density at radius 1 is 0.397 bits per heavy atom. The van der Waals surface area contributed by atoms with Crippen LogP contribution in [0.15, 0.2) is 152 Å². The summed E-state index contributed by atoms with van der Waals surface area (Å²) in [5, 5.41) is 6.34. The molecule has 63 heavy (non-hydrogen) atoms. The number of aryl methyl sites for hydroxylation is 2. The third-order valence-corrected chi connectivity index (χ3v) is 11.2. The van der Waals surface area contributed by atoms with Crippen LogP contribution >= 0.6 is 0 Å². The van der Waals surface area contributed by atoms with Crippen molar-refractivity contribution in [3.8, 4) is 40.6 Å². The molecule has 11 heteroatoms. The van der Waals surface area contributed by atoms with E-state index >= 15 is 0 Å². The predicted molar refractivity (Wildman–Crippen MR) is 238 cm³/mol. The van der Waals surface area contributed by atoms with Crippen molar-refractivity contribution >= 4 is 65.4 Å². The smallest absolute Gasteiger partial charge is 0.509 e. The zero-order valence-electron chi connectivity index (χ0n) is 33.5. The summed E-state index contributed by atoms with van der Waals surface area (Å²) in [6.07, 6.45) is 7.06. The number of hydrogen-bond donors (Lipinski definition) is 0. The van der Waals surface area contributed by atoms with Crippen molar-refractivity contribution in [2.45, 2.75) is 13.8 Å². The van der Waals surface area contributed by atoms with Crippen molar-refractivity contribution in [2.75, 3.05) is 0 Å². The van der Waals surface area contributed by atoms with Crippen LogP contribution in [0.5, 0.6) is 23.0 Å². The maximum atomic E-state index is 6.62. The monoisotopic (exact) mass is 1180 g/mol. The maximum Gasteiger partial charge on any atom is 2.00 e. The fraction of sp³-hybridized carbons (Fsp3) is 0.0385. The molecule has 6 aromatic heterocycles. The van der Waals surface area contributed by atoms with Crippen molar-refractivity contribution in [2.24, 2.45) is 0 Å². The van der Waals surface area contributed by atoms with Gasteiger partial charge in [0.05, 0.1) is 0 Å². The van der Waals surface area contributed by atoms with Crippen LogP contribution in [0, 0.1) is 38.1 Å². The zero-order valence-corrected chi connectivity index (χ0v) is 38.1. The van der Waals surface area contributed by atoms with E-state index in [9.17, 15) is 0 Å². The van der Waals surface area contributed by atoms with Crippen LogP contribution in [0.25, 0.3) is 83.0 Å². The minimum Gasteiger partial charge on any atom is -0.509 e. The molecule has 0 unspecified atom stereocenters. The maximum absolute atomic E-state index is 6.62. The van der Waals surface area contributed by atoms with E-state index in [0.717, 1.165) is 88.2 Å². The molecule has 0 atom stereocenters. The average Bonchev–Trinajstić information content (AvgIpc) is 3.92. The fourth-order valence-electron chi connectivity index (χ4n) is 8.71. The van der Waals surface area contributed by atoms with Gasteiger partial charge in [-0.3, -0.25) is 0 Å². The van der Waals surface area contributed by atoms with Crippen LogP contribution < -0.4 is 9.47 Å². The molecule has 0 N–H and O–H groups in total. The number of nitrogens with zero attached hydrogens (tertiary/aromatic N) is 7. The number of hydrogen-bond acceptors (Lipinski definition) is 6. The summed E-state index contributed by atoms with van der Waals surface area (Å²) in [5.74, 6) is 4.24. The third-order valence-electron chi connectivity index (χ3n) is 11.2. The molecule has 0 aliphatic rings. The van der Waals surface area contributed by atoms with E-state index in [0.29, 0.717) is 28.9 Å². The summed E-state index contributed by atoms with van der Waals surface area (Å²) >= 11 is 0. The van der Waals surface area contributed by atoms with Gasteiger partial charge in [0.2, 0.25) is 5.95 Å². The number of rotatable bonds is 7. The first-order valence-electron chi connectivity index (χ1n) is 19.9. The van der Waals surface area contributed by atoms with Gasteiger partial charge in [-0.2, -0.15) is 22.9 Å². The molecule has 0 aliphatic carbocycles. The number of ether oxygens (including phenoxy) is 2. The van der Waals surface area contributed by atoms with Crippen molar-refractivity contribution < 1.29 is 51.6 Å².